The number of halogens is 1. The smallest absolute Gasteiger partial charge is 0.271 e. The van der Waals surface area contributed by atoms with Gasteiger partial charge in [-0.2, -0.15) is 0 Å². The third kappa shape index (κ3) is 4.97. The number of thiophene rings is 1. The number of methoxy groups -OCH3 is 1. The lowest BCUT2D eigenvalue weighted by Crippen LogP contribution is -2.33. The fourth-order valence-electron chi connectivity index (χ4n) is 4.26. The van der Waals surface area contributed by atoms with E-state index in [4.69, 9.17) is 21.3 Å². The number of nitrogens with one attached hydrogen (secondary N) is 1. The number of carbonyl (C=O) groups excluding carboxylic acids is 1. The van der Waals surface area contributed by atoms with Gasteiger partial charge in [0.15, 0.2) is 5.82 Å². The maximum absolute atomic E-state index is 13.2. The Morgan fingerprint density at radius 3 is 2.64 bits per heavy atom. The van der Waals surface area contributed by atoms with Crippen molar-refractivity contribution in [2.75, 3.05) is 13.7 Å². The molecule has 33 heavy (non-hydrogen) atoms. The van der Waals surface area contributed by atoms with Crippen LogP contribution in [0.15, 0.2) is 24.3 Å². The fraction of sp³-hybridized carbons (Fsp3) is 0.462. The van der Waals surface area contributed by atoms with Crippen LogP contribution in [0.2, 0.25) is 4.34 Å². The Labute approximate surface area is 205 Å². The third-order valence-corrected chi connectivity index (χ3v) is 6.97. The van der Waals surface area contributed by atoms with Gasteiger partial charge in [-0.25, -0.2) is 4.98 Å². The SMILES string of the molecule is COc1cc2c(cc1CC(C)C)-n1c(-c3ccc(Cl)s3)nc(C(=O)NCC(C)(C)C)c1CC2. The molecule has 0 spiro atoms. The van der Waals surface area contributed by atoms with Gasteiger partial charge in [-0.3, -0.25) is 9.36 Å². The molecule has 4 rings (SSSR count). The largest absolute Gasteiger partial charge is 0.496 e. The Morgan fingerprint density at radius 1 is 1.27 bits per heavy atom. The van der Waals surface area contributed by atoms with Crippen molar-refractivity contribution in [3.8, 4) is 22.1 Å². The predicted octanol–water partition coefficient (Wildman–Crippen LogP) is 6.34. The second-order valence-electron chi connectivity index (χ2n) is 10.3. The average molecular weight is 486 g/mol. The lowest BCUT2D eigenvalue weighted by atomic mass is 9.94. The fourth-order valence-corrected chi connectivity index (χ4v) is 5.28. The Hall–Kier alpha value is -2.31. The van der Waals surface area contributed by atoms with Gasteiger partial charge >= 0.3 is 0 Å². The first-order valence-electron chi connectivity index (χ1n) is 11.4. The molecule has 1 aromatic carbocycles. The van der Waals surface area contributed by atoms with Gasteiger partial charge in [-0.15, -0.1) is 11.3 Å². The summed E-state index contributed by atoms with van der Waals surface area (Å²) in [5, 5.41) is 3.08. The summed E-state index contributed by atoms with van der Waals surface area (Å²) < 4.78 is 8.59. The zero-order valence-electron chi connectivity index (χ0n) is 20.2. The Kier molecular flexibility index (Phi) is 6.61. The summed E-state index contributed by atoms with van der Waals surface area (Å²) >= 11 is 7.75. The van der Waals surface area contributed by atoms with Crippen molar-refractivity contribution in [2.24, 2.45) is 11.3 Å². The number of ether oxygens (including phenoxy) is 1. The van der Waals surface area contributed by atoms with E-state index < -0.39 is 0 Å². The highest BCUT2D eigenvalue weighted by Crippen LogP contribution is 2.39. The zero-order chi connectivity index (χ0) is 23.9. The number of rotatable bonds is 6. The van der Waals surface area contributed by atoms with E-state index in [1.54, 1.807) is 7.11 Å². The Morgan fingerprint density at radius 2 is 2.03 bits per heavy atom. The summed E-state index contributed by atoms with van der Waals surface area (Å²) in [5.74, 6) is 2.07. The summed E-state index contributed by atoms with van der Waals surface area (Å²) in [7, 11) is 1.73. The number of hydrogen-bond donors (Lipinski definition) is 1. The molecule has 0 unspecified atom stereocenters. The highest BCUT2D eigenvalue weighted by Gasteiger charge is 2.30. The van der Waals surface area contributed by atoms with Gasteiger partial charge < -0.3 is 10.1 Å². The van der Waals surface area contributed by atoms with Crippen LogP contribution < -0.4 is 10.1 Å². The van der Waals surface area contributed by atoms with Crippen LogP contribution in [0.5, 0.6) is 5.75 Å². The van der Waals surface area contributed by atoms with Gasteiger partial charge in [-0.05, 0) is 66.0 Å². The van der Waals surface area contributed by atoms with E-state index >= 15 is 0 Å². The van der Waals surface area contributed by atoms with Gasteiger partial charge in [0, 0.05) is 6.54 Å². The molecule has 3 aromatic rings. The van der Waals surface area contributed by atoms with Crippen molar-refractivity contribution < 1.29 is 9.53 Å². The van der Waals surface area contributed by atoms with Crippen LogP contribution in [0.25, 0.3) is 16.4 Å². The summed E-state index contributed by atoms with van der Waals surface area (Å²) in [6.07, 6.45) is 2.49. The lowest BCUT2D eigenvalue weighted by Gasteiger charge is -2.24. The number of amides is 1. The van der Waals surface area contributed by atoms with Crippen molar-refractivity contribution >= 4 is 28.8 Å². The first kappa shape index (κ1) is 23.8. The average Bonchev–Trinajstić information content (AvgIpc) is 3.34. The molecule has 1 aliphatic rings. The highest BCUT2D eigenvalue weighted by molar-refractivity contribution is 7.19. The normalized spacial score (nSPS) is 13.1. The molecular formula is C26H32ClN3O2S. The minimum Gasteiger partial charge on any atom is -0.496 e. The van der Waals surface area contributed by atoms with E-state index in [1.165, 1.54) is 22.5 Å². The zero-order valence-corrected chi connectivity index (χ0v) is 21.8. The molecule has 0 atom stereocenters. The molecule has 2 aromatic heterocycles. The van der Waals surface area contributed by atoms with Crippen LogP contribution in [-0.4, -0.2) is 29.1 Å². The van der Waals surface area contributed by atoms with Crippen LogP contribution in [-0.2, 0) is 19.3 Å². The minimum absolute atomic E-state index is 0.00549. The van der Waals surface area contributed by atoms with E-state index in [1.807, 2.05) is 12.1 Å². The molecule has 0 saturated carbocycles. The quantitative estimate of drug-likeness (QED) is 0.443. The molecular weight excluding hydrogens is 454 g/mol. The number of nitrogens with zero attached hydrogens (tertiary/aromatic N) is 2. The van der Waals surface area contributed by atoms with Crippen molar-refractivity contribution in [1.29, 1.82) is 0 Å². The van der Waals surface area contributed by atoms with Crippen molar-refractivity contribution in [2.45, 2.75) is 53.9 Å². The Balaban J connectivity index is 1.88. The van der Waals surface area contributed by atoms with E-state index in [2.05, 4.69) is 56.6 Å². The van der Waals surface area contributed by atoms with Crippen LogP contribution in [0, 0.1) is 11.3 Å². The molecule has 3 heterocycles. The number of aromatic nitrogens is 2. The summed E-state index contributed by atoms with van der Waals surface area (Å²) in [4.78, 5) is 19.0. The predicted molar refractivity (Wildman–Crippen MR) is 136 cm³/mol. The highest BCUT2D eigenvalue weighted by atomic mass is 35.5. The monoisotopic (exact) mass is 485 g/mol. The molecule has 176 valence electrons. The van der Waals surface area contributed by atoms with Crippen LogP contribution >= 0.6 is 22.9 Å². The van der Waals surface area contributed by atoms with Gasteiger partial charge in [-0.1, -0.05) is 46.2 Å². The number of hydrogen-bond acceptors (Lipinski definition) is 4. The molecule has 1 N–H and O–H groups in total. The first-order valence-corrected chi connectivity index (χ1v) is 12.6. The van der Waals surface area contributed by atoms with Crippen LogP contribution in [0.3, 0.4) is 0 Å². The number of benzene rings is 1. The molecule has 0 aliphatic carbocycles. The van der Waals surface area contributed by atoms with E-state index in [0.717, 1.165) is 47.1 Å². The van der Waals surface area contributed by atoms with Crippen molar-refractivity contribution in [3.05, 3.63) is 51.1 Å². The van der Waals surface area contributed by atoms with Gasteiger partial charge in [0.25, 0.3) is 5.91 Å². The minimum atomic E-state index is -0.123. The summed E-state index contributed by atoms with van der Waals surface area (Å²) in [5.41, 5.74) is 4.90. The molecule has 5 nitrogen and oxygen atoms in total. The number of carbonyl (C=O) groups is 1. The van der Waals surface area contributed by atoms with Crippen LogP contribution in [0.4, 0.5) is 0 Å². The van der Waals surface area contributed by atoms with Gasteiger partial charge in [0.2, 0.25) is 0 Å². The Bertz CT molecular complexity index is 1190. The maximum atomic E-state index is 13.2. The summed E-state index contributed by atoms with van der Waals surface area (Å²) in [6, 6.07) is 8.23. The molecule has 0 fully saturated rings. The second kappa shape index (κ2) is 9.15. The first-order chi connectivity index (χ1) is 15.6. The second-order valence-corrected chi connectivity index (χ2v) is 12.0. The third-order valence-electron chi connectivity index (χ3n) is 5.74. The standard InChI is InChI=1S/C26H32ClN3O2S/c1-15(2)11-17-12-19-16(13-20(17)32-6)7-8-18-23(25(31)28-14-26(3,4)5)29-24(30(18)19)21-9-10-22(27)33-21/h9-10,12-13,15H,7-8,11,14H2,1-6H3,(H,28,31). The van der Waals surface area contributed by atoms with Crippen molar-refractivity contribution in [3.63, 3.8) is 0 Å². The topological polar surface area (TPSA) is 56.2 Å². The van der Waals surface area contributed by atoms with Crippen molar-refractivity contribution in [1.82, 2.24) is 14.9 Å². The summed E-state index contributed by atoms with van der Waals surface area (Å²) in [6.45, 7) is 11.3. The molecule has 0 saturated heterocycles. The van der Waals surface area contributed by atoms with E-state index in [9.17, 15) is 4.79 Å². The number of imidazole rings is 1. The molecule has 0 radical (unpaired) electrons. The van der Waals surface area contributed by atoms with E-state index in [-0.39, 0.29) is 11.3 Å². The number of aryl methyl sites for hydroxylation is 1. The van der Waals surface area contributed by atoms with Crippen LogP contribution in [0.1, 0.15) is 61.9 Å². The number of fused-ring (bicyclic) bond motifs is 3. The molecule has 1 aliphatic heterocycles. The lowest BCUT2D eigenvalue weighted by molar-refractivity contribution is 0.0933. The molecule has 1 amide bonds. The molecule has 7 heteroatoms. The molecule has 0 bridgehead atoms. The maximum Gasteiger partial charge on any atom is 0.271 e. The van der Waals surface area contributed by atoms with E-state index in [0.29, 0.717) is 22.5 Å². The van der Waals surface area contributed by atoms with Gasteiger partial charge in [0.05, 0.1) is 27.7 Å². The van der Waals surface area contributed by atoms with Gasteiger partial charge in [0.1, 0.15) is 11.4 Å².